The Hall–Kier alpha value is -2.10. The van der Waals surface area contributed by atoms with Gasteiger partial charge in [-0.3, -0.25) is 0 Å². The summed E-state index contributed by atoms with van der Waals surface area (Å²) in [5.41, 5.74) is 15.2. The largest absolute Gasteiger partial charge is 0.147 e. The molecule has 0 fully saturated rings. The summed E-state index contributed by atoms with van der Waals surface area (Å²) < 4.78 is 10.4. The molecule has 0 N–H and O–H groups in total. The van der Waals surface area contributed by atoms with E-state index in [0.29, 0.717) is 11.8 Å². The normalized spacial score (nSPS) is 17.2. The van der Waals surface area contributed by atoms with Crippen LogP contribution in [-0.4, -0.2) is 6.51 Å². The van der Waals surface area contributed by atoms with E-state index in [1.165, 1.54) is 33.4 Å². The smallest absolute Gasteiger partial charge is 0.147 e. The second-order valence-electron chi connectivity index (χ2n) is 14.6. The zero-order chi connectivity index (χ0) is 33.7. The molecule has 4 aromatic rings. The van der Waals surface area contributed by atoms with Gasteiger partial charge in [-0.1, -0.05) is 0 Å². The van der Waals surface area contributed by atoms with Gasteiger partial charge in [0, 0.05) is 0 Å². The quantitative estimate of drug-likeness (QED) is 0.154. The molecule has 0 aliphatic heterocycles. The van der Waals surface area contributed by atoms with Crippen molar-refractivity contribution in [3.63, 3.8) is 0 Å². The van der Waals surface area contributed by atoms with E-state index < -0.39 is 41.9 Å². The summed E-state index contributed by atoms with van der Waals surface area (Å²) in [4.78, 5) is 0. The van der Waals surface area contributed by atoms with E-state index in [-0.39, 0.29) is 24.8 Å². The van der Waals surface area contributed by atoms with Crippen molar-refractivity contribution in [3.8, 4) is 22.3 Å². The van der Waals surface area contributed by atoms with Crippen molar-refractivity contribution in [1.29, 1.82) is 0 Å². The van der Waals surface area contributed by atoms with Crippen LogP contribution in [0.25, 0.3) is 22.3 Å². The molecule has 0 heterocycles. The van der Waals surface area contributed by atoms with E-state index in [0.717, 1.165) is 12.8 Å². The van der Waals surface area contributed by atoms with Crippen LogP contribution < -0.4 is 6.64 Å². The van der Waals surface area contributed by atoms with Gasteiger partial charge < -0.3 is 0 Å². The maximum Gasteiger partial charge on any atom is -0.147 e. The van der Waals surface area contributed by atoms with E-state index in [2.05, 4.69) is 165 Å². The molecule has 0 amide bonds. The Bertz CT molecular complexity index is 2010. The molecule has 256 valence electrons. The third-order valence-corrected chi connectivity index (χ3v) is 35.2. The van der Waals surface area contributed by atoms with Gasteiger partial charge in [0.2, 0.25) is 0 Å². The molecule has 0 nitrogen and oxygen atoms in total. The third-order valence-electron chi connectivity index (χ3n) is 10.8. The summed E-state index contributed by atoms with van der Waals surface area (Å²) in [6.07, 6.45) is 11.7. The summed E-state index contributed by atoms with van der Waals surface area (Å²) in [6.45, 7) is 18.9. The molecule has 4 aromatic carbocycles. The SMILES string of the molecule is CC1=[C]([Hf](=[C](C)C)[c]2cccc3c2Cc2ccccc2-3)C(C)C=C1.CC1=[C]([Hf](=[C](C)C)[c]2cccc3c2Cc2ccccc2-3)C(C)C=C1.Cl.Cl. The van der Waals surface area contributed by atoms with Crippen LogP contribution in [0.5, 0.6) is 0 Å². The zero-order valence-corrected chi connectivity index (χ0v) is 39.6. The number of hydrogen-bond donors (Lipinski definition) is 0. The van der Waals surface area contributed by atoms with Crippen molar-refractivity contribution in [3.05, 3.63) is 149 Å². The Morgan fingerprint density at radius 3 is 1.20 bits per heavy atom. The molecule has 2 unspecified atom stereocenters. The molecule has 2 atom stereocenters. The summed E-state index contributed by atoms with van der Waals surface area (Å²) in [5.74, 6) is 1.25. The van der Waals surface area contributed by atoms with Crippen LogP contribution in [0.1, 0.15) is 77.6 Å². The minimum Gasteiger partial charge on any atom is -0.147 e. The summed E-state index contributed by atoms with van der Waals surface area (Å²) in [7, 11) is 0. The molecule has 0 bridgehead atoms. The van der Waals surface area contributed by atoms with Gasteiger partial charge in [0.25, 0.3) is 0 Å². The topological polar surface area (TPSA) is 0 Å². The Labute approximate surface area is 328 Å². The Balaban J connectivity index is 0.000000187. The van der Waals surface area contributed by atoms with E-state index in [9.17, 15) is 0 Å². The minimum absolute atomic E-state index is 0. The second-order valence-corrected chi connectivity index (χ2v) is 34.9. The van der Waals surface area contributed by atoms with Crippen LogP contribution in [0.2, 0.25) is 0 Å². The van der Waals surface area contributed by atoms with Crippen LogP contribution in [0.15, 0.2) is 127 Å². The minimum atomic E-state index is -2.19. The summed E-state index contributed by atoms with van der Waals surface area (Å²) in [5, 5.41) is 0. The average molecular weight is 1030 g/mol. The van der Waals surface area contributed by atoms with E-state index >= 15 is 0 Å². The van der Waals surface area contributed by atoms with Gasteiger partial charge >= 0.3 is 307 Å². The first-order chi connectivity index (χ1) is 23.2. The molecule has 8 rings (SSSR count). The molecule has 0 radical (unpaired) electrons. The van der Waals surface area contributed by atoms with Crippen molar-refractivity contribution >= 4 is 38.0 Å². The van der Waals surface area contributed by atoms with Crippen LogP contribution >= 0.6 is 24.8 Å². The molecule has 4 aliphatic rings. The Morgan fingerprint density at radius 1 is 0.500 bits per heavy atom. The summed E-state index contributed by atoms with van der Waals surface area (Å²) in [6, 6.07) is 32.1. The number of rotatable bonds is 4. The van der Waals surface area contributed by atoms with Gasteiger partial charge in [-0.15, -0.1) is 24.8 Å². The molecule has 0 spiro atoms. The Kier molecular flexibility index (Phi) is 12.7. The number of halogens is 2. The number of fused-ring (bicyclic) bond motifs is 6. The van der Waals surface area contributed by atoms with E-state index in [1.54, 1.807) is 42.1 Å². The average Bonchev–Trinajstić information content (AvgIpc) is 3.83. The van der Waals surface area contributed by atoms with Crippen molar-refractivity contribution in [2.75, 3.05) is 0 Å². The fourth-order valence-electron chi connectivity index (χ4n) is 8.67. The predicted octanol–water partition coefficient (Wildman–Crippen LogP) is 11.2. The van der Waals surface area contributed by atoms with Gasteiger partial charge in [0.1, 0.15) is 0 Å². The van der Waals surface area contributed by atoms with Gasteiger partial charge in [0.15, 0.2) is 0 Å². The first-order valence-electron chi connectivity index (χ1n) is 17.7. The zero-order valence-electron chi connectivity index (χ0n) is 30.8. The van der Waals surface area contributed by atoms with Crippen molar-refractivity contribution < 1.29 is 41.9 Å². The molecule has 0 saturated heterocycles. The standard InChI is InChI=1S/2C13H9.2C7H9.2C3H6.2ClH.2Hf/c2*1-3-7-12-10(5-1)9-11-6-2-4-8-13(11)12;2*1-6-3-4-7(2)5-6;2*1-3-2;;;;/h2*1-5,7-8H,9H2;2*3-4,6H,1-2H3;2*1-2H3;2*1H;;. The monoisotopic (exact) mass is 1030 g/mol. The van der Waals surface area contributed by atoms with Gasteiger partial charge in [-0.25, -0.2) is 0 Å². The van der Waals surface area contributed by atoms with Crippen molar-refractivity contribution in [2.24, 2.45) is 11.8 Å². The van der Waals surface area contributed by atoms with Crippen molar-refractivity contribution in [1.82, 2.24) is 0 Å². The molecule has 50 heavy (non-hydrogen) atoms. The Morgan fingerprint density at radius 2 is 0.860 bits per heavy atom. The van der Waals surface area contributed by atoms with Crippen LogP contribution in [0.3, 0.4) is 0 Å². The van der Waals surface area contributed by atoms with Crippen LogP contribution in [-0.2, 0) is 54.8 Å². The van der Waals surface area contributed by atoms with Gasteiger partial charge in [0.05, 0.1) is 0 Å². The first-order valence-corrected chi connectivity index (χ1v) is 28.5. The van der Waals surface area contributed by atoms with E-state index in [1.807, 2.05) is 0 Å². The molecule has 0 saturated carbocycles. The maximum absolute atomic E-state index is 2.45. The molecule has 4 heteroatoms. The first kappa shape index (κ1) is 39.1. The molecular weight excluding hydrogens is 980 g/mol. The number of benzene rings is 4. The van der Waals surface area contributed by atoms with E-state index in [4.69, 9.17) is 0 Å². The summed E-state index contributed by atoms with van der Waals surface area (Å²) >= 11 is -4.37. The molecule has 4 aliphatic carbocycles. The van der Waals surface area contributed by atoms with Crippen molar-refractivity contribution in [2.45, 2.75) is 68.2 Å². The number of allylic oxidation sites excluding steroid dienone is 8. The predicted molar refractivity (Wildman–Crippen MR) is 218 cm³/mol. The van der Waals surface area contributed by atoms with Gasteiger partial charge in [-0.05, 0) is 0 Å². The molecular formula is C46H50Cl2Hf2. The molecule has 0 aromatic heterocycles. The van der Waals surface area contributed by atoms with Crippen LogP contribution in [0, 0.1) is 11.8 Å². The van der Waals surface area contributed by atoms with Gasteiger partial charge in [-0.2, -0.15) is 0 Å². The maximum atomic E-state index is 2.45. The second kappa shape index (κ2) is 16.3. The number of hydrogen-bond acceptors (Lipinski definition) is 0. The van der Waals surface area contributed by atoms with Crippen LogP contribution in [0.4, 0.5) is 0 Å². The third kappa shape index (κ3) is 7.13. The fourth-order valence-corrected chi connectivity index (χ4v) is 31.5. The fraction of sp³-hybridized carbons (Fsp3) is 0.261.